The van der Waals surface area contributed by atoms with Crippen molar-refractivity contribution in [3.05, 3.63) is 83.0 Å². The molecule has 0 radical (unpaired) electrons. The van der Waals surface area contributed by atoms with Crippen molar-refractivity contribution in [2.75, 3.05) is 0 Å². The van der Waals surface area contributed by atoms with Gasteiger partial charge < -0.3 is 5.11 Å². The minimum Gasteiger partial charge on any atom is -0.384 e. The van der Waals surface area contributed by atoms with Crippen LogP contribution in [0.4, 0.5) is 13.2 Å². The van der Waals surface area contributed by atoms with Gasteiger partial charge in [0.2, 0.25) is 0 Å². The molecule has 4 aromatic rings. The van der Waals surface area contributed by atoms with Crippen LogP contribution in [0.1, 0.15) is 41.7 Å². The molecule has 0 atom stereocenters. The number of Topliss-reactive ketones (excluding diaryl/α,β-unsaturated/α-hetero) is 1. The highest BCUT2D eigenvalue weighted by Gasteiger charge is 2.35. The number of hydrogen-bond acceptors (Lipinski definition) is 4. The van der Waals surface area contributed by atoms with Gasteiger partial charge in [-0.15, -0.1) is 11.3 Å². The molecule has 4 rings (SSSR count). The first-order valence-corrected chi connectivity index (χ1v) is 11.0. The number of imidazole rings is 1. The zero-order valence-electron chi connectivity index (χ0n) is 18.1. The average Bonchev–Trinajstić information content (AvgIpc) is 3.41. The smallest absolute Gasteiger partial charge is 0.384 e. The highest BCUT2D eigenvalue weighted by molar-refractivity contribution is 7.17. The van der Waals surface area contributed by atoms with Crippen LogP contribution in [0.5, 0.6) is 0 Å². The van der Waals surface area contributed by atoms with Crippen LogP contribution in [0.3, 0.4) is 0 Å². The summed E-state index contributed by atoms with van der Waals surface area (Å²) in [6.07, 6.45) is -3.01. The molecule has 0 aliphatic carbocycles. The summed E-state index contributed by atoms with van der Waals surface area (Å²) < 4.78 is 42.8. The van der Waals surface area contributed by atoms with Crippen molar-refractivity contribution in [1.29, 1.82) is 0 Å². The van der Waals surface area contributed by atoms with E-state index in [1.807, 2.05) is 18.2 Å². The quantitative estimate of drug-likeness (QED) is 0.330. The number of carbonyl (C=O) groups is 1. The molecule has 1 N–H and O–H groups in total. The minimum absolute atomic E-state index is 0.0297. The molecule has 2 heterocycles. The van der Waals surface area contributed by atoms with Gasteiger partial charge in [0.15, 0.2) is 5.78 Å². The molecule has 0 unspecified atom stereocenters. The number of alkyl halides is 3. The second-order valence-corrected chi connectivity index (χ2v) is 9.28. The highest BCUT2D eigenvalue weighted by atomic mass is 32.1. The summed E-state index contributed by atoms with van der Waals surface area (Å²) >= 11 is 1.35. The maximum atomic E-state index is 13.7. The van der Waals surface area contributed by atoms with Gasteiger partial charge in [-0.3, -0.25) is 9.36 Å². The zero-order chi connectivity index (χ0) is 24.0. The standard InChI is InChI=1S/C25H21F3N2O2S/c1-15(31)20-11-12-21(33-20)16-7-6-8-17(13-16)30-14-22(24(2,3)32)29-23(30)18-9-4-5-10-19(18)25(26,27)28/h4-14,32H,1-3H3. The van der Waals surface area contributed by atoms with Crippen molar-refractivity contribution in [1.82, 2.24) is 9.55 Å². The number of aromatic nitrogens is 2. The molecule has 8 heteroatoms. The summed E-state index contributed by atoms with van der Waals surface area (Å²) in [5, 5.41) is 10.5. The van der Waals surface area contributed by atoms with Crippen molar-refractivity contribution in [2.45, 2.75) is 32.5 Å². The Bertz CT molecular complexity index is 1330. The fourth-order valence-corrected chi connectivity index (χ4v) is 4.38. The van der Waals surface area contributed by atoms with Crippen LogP contribution in [0, 0.1) is 0 Å². The number of benzene rings is 2. The maximum Gasteiger partial charge on any atom is 0.417 e. The third-order valence-corrected chi connectivity index (χ3v) is 6.40. The van der Waals surface area contributed by atoms with E-state index >= 15 is 0 Å². The number of aliphatic hydroxyl groups is 1. The average molecular weight is 471 g/mol. The monoisotopic (exact) mass is 470 g/mol. The van der Waals surface area contributed by atoms with Gasteiger partial charge in [0, 0.05) is 22.3 Å². The van der Waals surface area contributed by atoms with Crippen molar-refractivity contribution in [2.24, 2.45) is 0 Å². The molecule has 4 nitrogen and oxygen atoms in total. The Morgan fingerprint density at radius 2 is 1.76 bits per heavy atom. The normalized spacial score (nSPS) is 12.2. The summed E-state index contributed by atoms with van der Waals surface area (Å²) in [7, 11) is 0. The summed E-state index contributed by atoms with van der Waals surface area (Å²) in [5.74, 6) is 0.0469. The van der Waals surface area contributed by atoms with Gasteiger partial charge in [0.05, 0.1) is 16.1 Å². The summed E-state index contributed by atoms with van der Waals surface area (Å²) in [4.78, 5) is 17.6. The van der Waals surface area contributed by atoms with Crippen molar-refractivity contribution >= 4 is 17.1 Å². The summed E-state index contributed by atoms with van der Waals surface area (Å²) in [6, 6.07) is 16.1. The largest absolute Gasteiger partial charge is 0.417 e. The van der Waals surface area contributed by atoms with E-state index < -0.39 is 17.3 Å². The second-order valence-electron chi connectivity index (χ2n) is 8.19. The summed E-state index contributed by atoms with van der Waals surface area (Å²) in [6.45, 7) is 4.56. The van der Waals surface area contributed by atoms with E-state index in [0.717, 1.165) is 16.5 Å². The molecule has 0 aliphatic heterocycles. The molecule has 0 saturated heterocycles. The van der Waals surface area contributed by atoms with E-state index in [1.54, 1.807) is 29.0 Å². The van der Waals surface area contributed by atoms with E-state index in [2.05, 4.69) is 4.98 Å². The van der Waals surface area contributed by atoms with E-state index in [0.29, 0.717) is 10.6 Å². The Balaban J connectivity index is 1.91. The highest BCUT2D eigenvalue weighted by Crippen LogP contribution is 2.38. The molecular formula is C25H21F3N2O2S. The fraction of sp³-hybridized carbons (Fsp3) is 0.200. The Kier molecular flexibility index (Phi) is 5.76. The predicted octanol–water partition coefficient (Wildman–Crippen LogP) is 6.72. The second kappa shape index (κ2) is 8.28. The number of nitrogens with zero attached hydrogens (tertiary/aromatic N) is 2. The maximum absolute atomic E-state index is 13.7. The number of rotatable bonds is 5. The van der Waals surface area contributed by atoms with Crippen LogP contribution in [-0.2, 0) is 11.8 Å². The first-order chi connectivity index (χ1) is 15.4. The van der Waals surface area contributed by atoms with Gasteiger partial charge in [0.1, 0.15) is 11.4 Å². The van der Waals surface area contributed by atoms with Crippen molar-refractivity contribution in [3.8, 4) is 27.5 Å². The molecule has 2 aromatic carbocycles. The molecule has 2 aromatic heterocycles. The fourth-order valence-electron chi connectivity index (χ4n) is 3.48. The van der Waals surface area contributed by atoms with Crippen LogP contribution in [-0.4, -0.2) is 20.4 Å². The van der Waals surface area contributed by atoms with E-state index in [4.69, 9.17) is 0 Å². The van der Waals surface area contributed by atoms with E-state index in [1.165, 1.54) is 50.3 Å². The van der Waals surface area contributed by atoms with Gasteiger partial charge in [-0.25, -0.2) is 4.98 Å². The molecule has 33 heavy (non-hydrogen) atoms. The number of carbonyl (C=O) groups excluding carboxylic acids is 1. The predicted molar refractivity (Wildman–Crippen MR) is 123 cm³/mol. The van der Waals surface area contributed by atoms with Gasteiger partial charge in [-0.1, -0.05) is 30.3 Å². The number of hydrogen-bond donors (Lipinski definition) is 1. The van der Waals surface area contributed by atoms with Crippen LogP contribution >= 0.6 is 11.3 Å². The number of thiophene rings is 1. The SMILES string of the molecule is CC(=O)c1ccc(-c2cccc(-n3cc(C(C)(C)O)nc3-c3ccccc3C(F)(F)F)c2)s1. The van der Waals surface area contributed by atoms with Crippen molar-refractivity contribution < 1.29 is 23.1 Å². The van der Waals surface area contributed by atoms with Gasteiger partial charge in [-0.05, 0) is 56.7 Å². The first kappa shape index (κ1) is 22.9. The van der Waals surface area contributed by atoms with Gasteiger partial charge in [0.25, 0.3) is 0 Å². The molecule has 0 amide bonds. The number of halogens is 3. The minimum atomic E-state index is -4.57. The molecule has 0 bridgehead atoms. The third kappa shape index (κ3) is 4.62. The van der Waals surface area contributed by atoms with Crippen LogP contribution in [0.2, 0.25) is 0 Å². The molecule has 0 fully saturated rings. The third-order valence-electron chi connectivity index (χ3n) is 5.17. The zero-order valence-corrected chi connectivity index (χ0v) is 19.0. The van der Waals surface area contributed by atoms with Crippen LogP contribution in [0.15, 0.2) is 66.9 Å². The lowest BCUT2D eigenvalue weighted by atomic mass is 10.1. The van der Waals surface area contributed by atoms with Crippen molar-refractivity contribution in [3.63, 3.8) is 0 Å². The molecule has 0 saturated carbocycles. The lowest BCUT2D eigenvalue weighted by Crippen LogP contribution is -2.15. The first-order valence-electron chi connectivity index (χ1n) is 10.2. The lowest BCUT2D eigenvalue weighted by Gasteiger charge is -2.14. The van der Waals surface area contributed by atoms with Gasteiger partial charge in [-0.2, -0.15) is 13.2 Å². The Morgan fingerprint density at radius 3 is 2.39 bits per heavy atom. The molecular weight excluding hydrogens is 449 g/mol. The van der Waals surface area contributed by atoms with Crippen LogP contribution < -0.4 is 0 Å². The summed E-state index contributed by atoms with van der Waals surface area (Å²) in [5.41, 5.74) is -0.594. The Labute approximate surface area is 193 Å². The van der Waals surface area contributed by atoms with Crippen LogP contribution in [0.25, 0.3) is 27.5 Å². The van der Waals surface area contributed by atoms with E-state index in [9.17, 15) is 23.1 Å². The Morgan fingerprint density at radius 1 is 1.03 bits per heavy atom. The van der Waals surface area contributed by atoms with Gasteiger partial charge >= 0.3 is 6.18 Å². The molecule has 170 valence electrons. The topological polar surface area (TPSA) is 55.1 Å². The Hall–Kier alpha value is -3.23. The number of ketones is 1. The van der Waals surface area contributed by atoms with E-state index in [-0.39, 0.29) is 22.9 Å². The molecule has 0 spiro atoms. The lowest BCUT2D eigenvalue weighted by molar-refractivity contribution is -0.137. The molecule has 0 aliphatic rings.